The number of thioether (sulfide) groups is 1. The fourth-order valence-corrected chi connectivity index (χ4v) is 5.01. The van der Waals surface area contributed by atoms with Crippen LogP contribution in [-0.4, -0.2) is 35.9 Å². The zero-order valence-electron chi connectivity index (χ0n) is 17.5. The van der Waals surface area contributed by atoms with Gasteiger partial charge in [0.15, 0.2) is 10.8 Å². The van der Waals surface area contributed by atoms with Crippen LogP contribution in [0.1, 0.15) is 18.0 Å². The van der Waals surface area contributed by atoms with E-state index in [1.54, 1.807) is 15.3 Å². The Morgan fingerprint density at radius 3 is 2.88 bits per heavy atom. The van der Waals surface area contributed by atoms with Gasteiger partial charge in [0, 0.05) is 30.0 Å². The topological polar surface area (TPSA) is 125 Å². The second kappa shape index (κ2) is 8.17. The fourth-order valence-electron chi connectivity index (χ4n) is 3.88. The van der Waals surface area contributed by atoms with Crippen LogP contribution in [0.4, 0.5) is 11.4 Å². The van der Waals surface area contributed by atoms with Crippen molar-refractivity contribution in [2.75, 3.05) is 11.1 Å². The van der Waals surface area contributed by atoms with Crippen molar-refractivity contribution in [2.24, 2.45) is 0 Å². The summed E-state index contributed by atoms with van der Waals surface area (Å²) in [6, 6.07) is 13.1. The standard InChI is InChI=1S/C22H18N6O4S/c1-13-5-2-3-8-18(13)27-20-17(11-23-27)21(30)26-16(12-33-22(26)25-20)10-19(29)24-14-6-4-7-15(9-14)28(31)32/h2-9,11,16H,10,12H2,1H3,(H,24,29). The largest absolute Gasteiger partial charge is 0.326 e. The van der Waals surface area contributed by atoms with Gasteiger partial charge in [-0.25, -0.2) is 9.67 Å². The van der Waals surface area contributed by atoms with E-state index >= 15 is 0 Å². The minimum Gasteiger partial charge on any atom is -0.326 e. The second-order valence-corrected chi connectivity index (χ2v) is 8.66. The predicted molar refractivity (Wildman–Crippen MR) is 124 cm³/mol. The van der Waals surface area contributed by atoms with Gasteiger partial charge in [0.2, 0.25) is 5.91 Å². The molecule has 5 rings (SSSR count). The highest BCUT2D eigenvalue weighted by Gasteiger charge is 2.29. The van der Waals surface area contributed by atoms with E-state index in [0.29, 0.717) is 27.6 Å². The van der Waals surface area contributed by atoms with Crippen molar-refractivity contribution in [1.82, 2.24) is 19.3 Å². The summed E-state index contributed by atoms with van der Waals surface area (Å²) >= 11 is 1.41. The average molecular weight is 462 g/mol. The Labute approximate surface area is 191 Å². The molecular formula is C22H18N6O4S. The van der Waals surface area contributed by atoms with Gasteiger partial charge in [-0.1, -0.05) is 36.0 Å². The molecule has 0 spiro atoms. The van der Waals surface area contributed by atoms with E-state index in [-0.39, 0.29) is 29.6 Å². The molecule has 1 aliphatic rings. The summed E-state index contributed by atoms with van der Waals surface area (Å²) in [5.41, 5.74) is 2.32. The number of aromatic nitrogens is 4. The third kappa shape index (κ3) is 3.76. The third-order valence-electron chi connectivity index (χ3n) is 5.48. The van der Waals surface area contributed by atoms with Gasteiger partial charge in [0.05, 0.1) is 22.8 Å². The molecule has 33 heavy (non-hydrogen) atoms. The van der Waals surface area contributed by atoms with Crippen molar-refractivity contribution >= 4 is 40.1 Å². The number of fused-ring (bicyclic) bond motifs is 2. The number of rotatable bonds is 5. The zero-order chi connectivity index (χ0) is 23.1. The molecule has 2 aromatic heterocycles. The van der Waals surface area contributed by atoms with E-state index in [9.17, 15) is 19.7 Å². The summed E-state index contributed by atoms with van der Waals surface area (Å²) in [6.07, 6.45) is 1.55. The highest BCUT2D eigenvalue weighted by Crippen LogP contribution is 2.34. The van der Waals surface area contributed by atoms with E-state index in [1.165, 1.54) is 36.2 Å². The van der Waals surface area contributed by atoms with E-state index in [0.717, 1.165) is 11.3 Å². The molecule has 166 valence electrons. The minimum absolute atomic E-state index is 0.0434. The van der Waals surface area contributed by atoms with E-state index in [4.69, 9.17) is 0 Å². The molecular weight excluding hydrogens is 444 g/mol. The number of hydrogen-bond acceptors (Lipinski definition) is 7. The van der Waals surface area contributed by atoms with Crippen LogP contribution in [0.15, 0.2) is 64.7 Å². The fraction of sp³-hybridized carbons (Fsp3) is 0.182. The van der Waals surface area contributed by atoms with Crippen LogP contribution >= 0.6 is 11.8 Å². The van der Waals surface area contributed by atoms with Gasteiger partial charge in [-0.05, 0) is 24.6 Å². The SMILES string of the molecule is Cc1ccccc1-n1ncc2c(=O)n3c(nc21)SCC3CC(=O)Nc1cccc([N+](=O)[O-])c1. The Hall–Kier alpha value is -3.99. The number of benzene rings is 2. The van der Waals surface area contributed by atoms with Crippen LogP contribution in [0.2, 0.25) is 0 Å². The van der Waals surface area contributed by atoms with Gasteiger partial charge < -0.3 is 5.32 Å². The molecule has 1 N–H and O–H groups in total. The molecule has 1 atom stereocenters. The van der Waals surface area contributed by atoms with E-state index in [2.05, 4.69) is 15.4 Å². The summed E-state index contributed by atoms with van der Waals surface area (Å²) in [6.45, 7) is 1.97. The number of anilines is 1. The second-order valence-electron chi connectivity index (χ2n) is 7.67. The summed E-state index contributed by atoms with van der Waals surface area (Å²) in [5, 5.41) is 18.9. The molecule has 11 heteroatoms. The molecule has 0 aliphatic carbocycles. The minimum atomic E-state index is -0.521. The van der Waals surface area contributed by atoms with Gasteiger partial charge in [-0.2, -0.15) is 5.10 Å². The first kappa shape index (κ1) is 20.9. The Morgan fingerprint density at radius 2 is 2.09 bits per heavy atom. The molecule has 2 aromatic carbocycles. The molecule has 0 radical (unpaired) electrons. The first-order valence-electron chi connectivity index (χ1n) is 10.2. The summed E-state index contributed by atoms with van der Waals surface area (Å²) in [5.74, 6) is 0.186. The molecule has 4 aromatic rings. The molecule has 1 aliphatic heterocycles. The number of nitro groups is 1. The number of nitrogens with one attached hydrogen (secondary N) is 1. The maximum absolute atomic E-state index is 13.3. The van der Waals surface area contributed by atoms with Crippen molar-refractivity contribution in [3.05, 3.63) is 80.8 Å². The molecule has 10 nitrogen and oxygen atoms in total. The first-order chi connectivity index (χ1) is 15.9. The molecule has 1 amide bonds. The number of para-hydroxylation sites is 1. The van der Waals surface area contributed by atoms with Crippen LogP contribution in [0.25, 0.3) is 16.7 Å². The van der Waals surface area contributed by atoms with E-state index in [1.807, 2.05) is 31.2 Å². The lowest BCUT2D eigenvalue weighted by Gasteiger charge is -2.13. The predicted octanol–water partition coefficient (Wildman–Crippen LogP) is 3.47. The van der Waals surface area contributed by atoms with Gasteiger partial charge >= 0.3 is 0 Å². The number of carbonyl (C=O) groups is 1. The molecule has 1 unspecified atom stereocenters. The van der Waals surface area contributed by atoms with Gasteiger partial charge in [0.25, 0.3) is 11.2 Å². The third-order valence-corrected chi connectivity index (χ3v) is 6.57. The lowest BCUT2D eigenvalue weighted by atomic mass is 10.2. The summed E-state index contributed by atoms with van der Waals surface area (Å²) in [4.78, 5) is 41.0. The Kier molecular flexibility index (Phi) is 5.17. The van der Waals surface area contributed by atoms with Crippen molar-refractivity contribution in [3.8, 4) is 5.69 Å². The van der Waals surface area contributed by atoms with Crippen LogP contribution in [0.5, 0.6) is 0 Å². The molecule has 0 bridgehead atoms. The van der Waals surface area contributed by atoms with Crippen molar-refractivity contribution < 1.29 is 9.72 Å². The summed E-state index contributed by atoms with van der Waals surface area (Å²) in [7, 11) is 0. The smallest absolute Gasteiger partial charge is 0.271 e. The Bertz CT molecular complexity index is 1480. The number of amides is 1. The number of carbonyl (C=O) groups excluding carboxylic acids is 1. The van der Waals surface area contributed by atoms with Crippen molar-refractivity contribution in [1.29, 1.82) is 0 Å². The molecule has 0 fully saturated rings. The normalized spacial score (nSPS) is 14.9. The zero-order valence-corrected chi connectivity index (χ0v) is 18.3. The maximum atomic E-state index is 13.3. The van der Waals surface area contributed by atoms with Crippen LogP contribution in [-0.2, 0) is 4.79 Å². The van der Waals surface area contributed by atoms with Gasteiger partial charge in [0.1, 0.15) is 5.39 Å². The quantitative estimate of drug-likeness (QED) is 0.273. The van der Waals surface area contributed by atoms with Crippen LogP contribution in [0.3, 0.4) is 0 Å². The van der Waals surface area contributed by atoms with Crippen LogP contribution < -0.4 is 10.9 Å². The Balaban J connectivity index is 1.43. The van der Waals surface area contributed by atoms with Crippen LogP contribution in [0, 0.1) is 17.0 Å². The number of nitro benzene ring substituents is 1. The summed E-state index contributed by atoms with van der Waals surface area (Å²) < 4.78 is 3.21. The monoisotopic (exact) mass is 462 g/mol. The molecule has 0 saturated heterocycles. The maximum Gasteiger partial charge on any atom is 0.271 e. The van der Waals surface area contributed by atoms with E-state index < -0.39 is 4.92 Å². The van der Waals surface area contributed by atoms with Gasteiger partial charge in [-0.3, -0.25) is 24.3 Å². The molecule has 0 saturated carbocycles. The Morgan fingerprint density at radius 1 is 1.27 bits per heavy atom. The highest BCUT2D eigenvalue weighted by atomic mass is 32.2. The lowest BCUT2D eigenvalue weighted by molar-refractivity contribution is -0.384. The number of aryl methyl sites for hydroxylation is 1. The van der Waals surface area contributed by atoms with Crippen molar-refractivity contribution in [3.63, 3.8) is 0 Å². The van der Waals surface area contributed by atoms with Gasteiger partial charge in [-0.15, -0.1) is 0 Å². The first-order valence-corrected chi connectivity index (χ1v) is 11.1. The lowest BCUT2D eigenvalue weighted by Crippen LogP contribution is -2.27. The average Bonchev–Trinajstić information content (AvgIpc) is 3.39. The highest BCUT2D eigenvalue weighted by molar-refractivity contribution is 7.99. The molecule has 3 heterocycles. The number of nitrogens with zero attached hydrogens (tertiary/aromatic N) is 5. The number of hydrogen-bond donors (Lipinski definition) is 1. The van der Waals surface area contributed by atoms with Crippen molar-refractivity contribution in [2.45, 2.75) is 24.5 Å². The number of non-ortho nitro benzene ring substituents is 1.